The molecule has 7 nitrogen and oxygen atoms in total. The lowest BCUT2D eigenvalue weighted by Crippen LogP contribution is -2.32. The summed E-state index contributed by atoms with van der Waals surface area (Å²) in [6.07, 6.45) is 0.750. The van der Waals surface area contributed by atoms with E-state index in [2.05, 4.69) is 43.8 Å². The number of aryl methyl sites for hydroxylation is 1. The Morgan fingerprint density at radius 1 is 1.11 bits per heavy atom. The van der Waals surface area contributed by atoms with E-state index in [9.17, 15) is 9.18 Å². The molecular formula is C27H27FN6OS. The quantitative estimate of drug-likeness (QED) is 0.299. The van der Waals surface area contributed by atoms with Crippen LogP contribution in [-0.2, 0) is 19.6 Å². The number of aromatic nitrogens is 5. The number of nitrogens with one attached hydrogen (secondary N) is 1. The Morgan fingerprint density at radius 3 is 2.69 bits per heavy atom. The molecule has 0 spiro atoms. The molecule has 5 aromatic rings. The Labute approximate surface area is 212 Å². The average molecular weight is 503 g/mol. The second-order valence-corrected chi connectivity index (χ2v) is 9.98. The highest BCUT2D eigenvalue weighted by molar-refractivity contribution is 7.09. The number of tetrazole rings is 1. The summed E-state index contributed by atoms with van der Waals surface area (Å²) in [5, 5.41) is 15.6. The molecule has 0 saturated heterocycles. The monoisotopic (exact) mass is 502 g/mol. The molecule has 0 aliphatic heterocycles. The number of fused-ring (bicyclic) bond motifs is 1. The summed E-state index contributed by atoms with van der Waals surface area (Å²) < 4.78 is 15.1. The van der Waals surface area contributed by atoms with Gasteiger partial charge in [-0.3, -0.25) is 9.69 Å². The van der Waals surface area contributed by atoms with Crippen LogP contribution in [0.15, 0.2) is 70.8 Å². The van der Waals surface area contributed by atoms with Gasteiger partial charge in [0.2, 0.25) is 0 Å². The molecule has 2 aromatic carbocycles. The van der Waals surface area contributed by atoms with E-state index in [4.69, 9.17) is 0 Å². The molecule has 36 heavy (non-hydrogen) atoms. The first-order chi connectivity index (χ1) is 17.5. The summed E-state index contributed by atoms with van der Waals surface area (Å²) in [5.41, 5.74) is 3.45. The number of benzene rings is 2. The van der Waals surface area contributed by atoms with Crippen molar-refractivity contribution in [2.45, 2.75) is 45.9 Å². The van der Waals surface area contributed by atoms with Crippen molar-refractivity contribution in [3.05, 3.63) is 110 Å². The summed E-state index contributed by atoms with van der Waals surface area (Å²) in [6.45, 7) is 5.64. The molecule has 1 atom stereocenters. The molecular weight excluding hydrogens is 475 g/mol. The van der Waals surface area contributed by atoms with Crippen molar-refractivity contribution in [3.63, 3.8) is 0 Å². The molecule has 0 aliphatic rings. The molecule has 0 aliphatic carbocycles. The molecule has 5 rings (SSSR count). The van der Waals surface area contributed by atoms with Gasteiger partial charge in [-0.05, 0) is 76.0 Å². The van der Waals surface area contributed by atoms with Crippen LogP contribution in [0.25, 0.3) is 10.9 Å². The SMILES string of the molecule is CC[C@@H](c1nnnn1Cc1ccc(F)cc1)N(Cc1cccs1)Cc1cc2ccc(C)cc2[nH]c1=O. The highest BCUT2D eigenvalue weighted by Crippen LogP contribution is 2.28. The zero-order chi connectivity index (χ0) is 25.1. The van der Waals surface area contributed by atoms with E-state index in [-0.39, 0.29) is 17.4 Å². The summed E-state index contributed by atoms with van der Waals surface area (Å²) in [4.78, 5) is 19.6. The summed E-state index contributed by atoms with van der Waals surface area (Å²) in [6, 6.07) is 18.4. The summed E-state index contributed by atoms with van der Waals surface area (Å²) in [5.74, 6) is 0.436. The maximum Gasteiger partial charge on any atom is 0.252 e. The lowest BCUT2D eigenvalue weighted by atomic mass is 10.1. The fourth-order valence-corrected chi connectivity index (χ4v) is 5.23. The molecule has 184 valence electrons. The van der Waals surface area contributed by atoms with E-state index in [0.717, 1.165) is 28.5 Å². The third-order valence-corrected chi connectivity index (χ3v) is 7.18. The lowest BCUT2D eigenvalue weighted by molar-refractivity contribution is 0.163. The number of hydrogen-bond donors (Lipinski definition) is 1. The number of H-pyrrole nitrogens is 1. The molecule has 0 radical (unpaired) electrons. The van der Waals surface area contributed by atoms with Crippen molar-refractivity contribution in [2.24, 2.45) is 0 Å². The van der Waals surface area contributed by atoms with Gasteiger partial charge in [-0.15, -0.1) is 16.4 Å². The fourth-order valence-electron chi connectivity index (χ4n) is 4.50. The topological polar surface area (TPSA) is 79.7 Å². The highest BCUT2D eigenvalue weighted by atomic mass is 32.1. The summed E-state index contributed by atoms with van der Waals surface area (Å²) in [7, 11) is 0. The number of aromatic amines is 1. The van der Waals surface area contributed by atoms with Gasteiger partial charge in [0.25, 0.3) is 5.56 Å². The number of rotatable bonds is 9. The second kappa shape index (κ2) is 10.5. The molecule has 3 heterocycles. The van der Waals surface area contributed by atoms with Gasteiger partial charge in [0.1, 0.15) is 5.82 Å². The molecule has 1 N–H and O–H groups in total. The van der Waals surface area contributed by atoms with Crippen molar-refractivity contribution >= 4 is 22.2 Å². The smallest absolute Gasteiger partial charge is 0.252 e. The predicted octanol–water partition coefficient (Wildman–Crippen LogP) is 5.23. The Kier molecular flexibility index (Phi) is 7.02. The molecule has 0 fully saturated rings. The van der Waals surface area contributed by atoms with Gasteiger partial charge in [-0.2, -0.15) is 0 Å². The largest absolute Gasteiger partial charge is 0.322 e. The van der Waals surface area contributed by atoms with Crippen LogP contribution in [-0.4, -0.2) is 30.1 Å². The van der Waals surface area contributed by atoms with Crippen molar-refractivity contribution in [1.82, 2.24) is 30.1 Å². The molecule has 9 heteroatoms. The van der Waals surface area contributed by atoms with Gasteiger partial charge in [0.05, 0.1) is 12.6 Å². The maximum atomic E-state index is 13.4. The van der Waals surface area contributed by atoms with Gasteiger partial charge in [0.15, 0.2) is 5.82 Å². The van der Waals surface area contributed by atoms with Gasteiger partial charge < -0.3 is 4.98 Å². The number of hydrogen-bond acceptors (Lipinski definition) is 6. The highest BCUT2D eigenvalue weighted by Gasteiger charge is 2.26. The first-order valence-electron chi connectivity index (χ1n) is 11.9. The van der Waals surface area contributed by atoms with Crippen molar-refractivity contribution < 1.29 is 4.39 Å². The van der Waals surface area contributed by atoms with Gasteiger partial charge >= 0.3 is 0 Å². The molecule has 3 aromatic heterocycles. The van der Waals surface area contributed by atoms with Crippen LogP contribution in [0.3, 0.4) is 0 Å². The van der Waals surface area contributed by atoms with E-state index >= 15 is 0 Å². The number of halogens is 1. The third-order valence-electron chi connectivity index (χ3n) is 6.32. The van der Waals surface area contributed by atoms with Crippen LogP contribution < -0.4 is 5.56 Å². The van der Waals surface area contributed by atoms with Gasteiger partial charge in [-0.1, -0.05) is 37.3 Å². The Bertz CT molecular complexity index is 1510. The lowest BCUT2D eigenvalue weighted by Gasteiger charge is -2.30. The van der Waals surface area contributed by atoms with E-state index in [1.54, 1.807) is 28.2 Å². The van der Waals surface area contributed by atoms with E-state index in [1.165, 1.54) is 17.0 Å². The molecule has 0 unspecified atom stereocenters. The van der Waals surface area contributed by atoms with Gasteiger partial charge in [0, 0.05) is 29.0 Å². The van der Waals surface area contributed by atoms with Crippen LogP contribution in [0.4, 0.5) is 4.39 Å². The van der Waals surface area contributed by atoms with E-state index in [0.29, 0.717) is 31.0 Å². The fraction of sp³-hybridized carbons (Fsp3) is 0.259. The minimum atomic E-state index is -0.278. The number of nitrogens with zero attached hydrogens (tertiary/aromatic N) is 5. The zero-order valence-corrected chi connectivity index (χ0v) is 21.0. The van der Waals surface area contributed by atoms with Crippen molar-refractivity contribution in [2.75, 3.05) is 0 Å². The number of thiophene rings is 1. The first-order valence-corrected chi connectivity index (χ1v) is 12.8. The Morgan fingerprint density at radius 2 is 1.94 bits per heavy atom. The minimum absolute atomic E-state index is 0.0926. The van der Waals surface area contributed by atoms with E-state index < -0.39 is 0 Å². The first kappa shape index (κ1) is 24.0. The minimum Gasteiger partial charge on any atom is -0.322 e. The zero-order valence-electron chi connectivity index (χ0n) is 20.2. The number of pyridine rings is 1. The second-order valence-electron chi connectivity index (χ2n) is 8.94. The van der Waals surface area contributed by atoms with Crippen LogP contribution in [0.1, 0.15) is 46.8 Å². The maximum absolute atomic E-state index is 13.4. The Balaban J connectivity index is 1.49. The molecule has 0 saturated carbocycles. The van der Waals surface area contributed by atoms with Crippen LogP contribution >= 0.6 is 11.3 Å². The third kappa shape index (κ3) is 5.27. The van der Waals surface area contributed by atoms with Crippen LogP contribution in [0.5, 0.6) is 0 Å². The van der Waals surface area contributed by atoms with E-state index in [1.807, 2.05) is 37.3 Å². The van der Waals surface area contributed by atoms with Gasteiger partial charge in [-0.25, -0.2) is 9.07 Å². The van der Waals surface area contributed by atoms with Crippen molar-refractivity contribution in [3.8, 4) is 0 Å². The summed E-state index contributed by atoms with van der Waals surface area (Å²) >= 11 is 1.68. The average Bonchev–Trinajstić information content (AvgIpc) is 3.54. The standard InChI is InChI=1S/C27H27FN6OS/c1-3-25(26-30-31-32-34(26)15-19-7-10-22(28)11-8-19)33(17-23-5-4-12-36-23)16-21-14-20-9-6-18(2)13-24(20)29-27(21)35/h4-14,25H,3,15-17H2,1-2H3,(H,29,35)/t25-/m0/s1. The predicted molar refractivity (Wildman–Crippen MR) is 139 cm³/mol. The molecule has 0 bridgehead atoms. The van der Waals surface area contributed by atoms with Crippen LogP contribution in [0, 0.1) is 12.7 Å². The Hall–Kier alpha value is -3.69. The van der Waals surface area contributed by atoms with Crippen molar-refractivity contribution in [1.29, 1.82) is 0 Å². The normalized spacial score (nSPS) is 12.4. The molecule has 0 amide bonds. The van der Waals surface area contributed by atoms with Crippen LogP contribution in [0.2, 0.25) is 0 Å².